The Kier molecular flexibility index (Phi) is 4.57. The first-order valence-corrected chi connectivity index (χ1v) is 7.57. The predicted molar refractivity (Wildman–Crippen MR) is 86.6 cm³/mol. The number of hydrogen-bond acceptors (Lipinski definition) is 5. The van der Waals surface area contributed by atoms with Crippen LogP contribution < -0.4 is 0 Å². The van der Waals surface area contributed by atoms with Crippen molar-refractivity contribution in [2.24, 2.45) is 0 Å². The van der Waals surface area contributed by atoms with E-state index in [1.165, 1.54) is 25.4 Å². The van der Waals surface area contributed by atoms with E-state index in [1.54, 1.807) is 29.0 Å². The molecule has 2 heterocycles. The van der Waals surface area contributed by atoms with E-state index in [9.17, 15) is 19.7 Å². The Morgan fingerprint density at radius 3 is 2.46 bits per heavy atom. The van der Waals surface area contributed by atoms with Gasteiger partial charge in [-0.3, -0.25) is 0 Å². The third-order valence-electron chi connectivity index (χ3n) is 3.95. The molecule has 0 radical (unpaired) electrons. The number of aromatic nitrogens is 3. The summed E-state index contributed by atoms with van der Waals surface area (Å²) in [6.45, 7) is 1.49. The maximum absolute atomic E-state index is 13.1. The van der Waals surface area contributed by atoms with Gasteiger partial charge in [0.2, 0.25) is 0 Å². The lowest BCUT2D eigenvalue weighted by atomic mass is 10.1. The predicted octanol–water partition coefficient (Wildman–Crippen LogP) is 1.34. The van der Waals surface area contributed by atoms with E-state index in [2.05, 4.69) is 9.97 Å². The number of hydrogen-bond donors (Lipinski definition) is 3. The number of fused-ring (bicyclic) bond motifs is 1. The van der Waals surface area contributed by atoms with Gasteiger partial charge in [0.1, 0.15) is 30.0 Å². The van der Waals surface area contributed by atoms with Crippen LogP contribution in [0.5, 0.6) is 0 Å². The molecule has 3 N–H and O–H groups in total. The lowest BCUT2D eigenvalue weighted by molar-refractivity contribution is -0.0570. The molecule has 1 aromatic carbocycles. The molecule has 3 aromatic rings. The minimum atomic E-state index is -1.25. The van der Waals surface area contributed by atoms with Gasteiger partial charge in [-0.05, 0) is 37.3 Å². The maximum Gasteiger partial charge on any atom is 0.144 e. The summed E-state index contributed by atoms with van der Waals surface area (Å²) in [6.07, 6.45) is -0.295. The standard InChI is InChI=1S/C17H18FN3O3/c1-10(22)16(24)14(23)8-21-7-6-13-15(19-9-20-17(13)21)11-2-4-12(18)5-3-11/h2-7,9-10,14,16,22-24H,8H2,1H3/t10?,14-,16+/m0/s1. The van der Waals surface area contributed by atoms with E-state index in [-0.39, 0.29) is 12.4 Å². The first kappa shape index (κ1) is 16.5. The fourth-order valence-corrected chi connectivity index (χ4v) is 2.62. The number of aliphatic hydroxyl groups is 3. The van der Waals surface area contributed by atoms with Crippen molar-refractivity contribution in [3.63, 3.8) is 0 Å². The minimum absolute atomic E-state index is 0.0788. The molecule has 1 unspecified atom stereocenters. The second kappa shape index (κ2) is 6.64. The zero-order valence-electron chi connectivity index (χ0n) is 13.0. The number of rotatable bonds is 5. The first-order valence-electron chi connectivity index (χ1n) is 7.57. The largest absolute Gasteiger partial charge is 0.391 e. The third-order valence-corrected chi connectivity index (χ3v) is 3.95. The molecule has 0 saturated heterocycles. The van der Waals surface area contributed by atoms with E-state index in [4.69, 9.17) is 0 Å². The molecular weight excluding hydrogens is 313 g/mol. The van der Waals surface area contributed by atoms with Crippen molar-refractivity contribution in [1.82, 2.24) is 14.5 Å². The normalized spacial score (nSPS) is 15.4. The van der Waals surface area contributed by atoms with Gasteiger partial charge in [0, 0.05) is 17.1 Å². The Morgan fingerprint density at radius 1 is 1.08 bits per heavy atom. The van der Waals surface area contributed by atoms with E-state index in [0.717, 1.165) is 10.9 Å². The van der Waals surface area contributed by atoms with Crippen molar-refractivity contribution >= 4 is 11.0 Å². The van der Waals surface area contributed by atoms with Crippen molar-refractivity contribution in [3.8, 4) is 11.3 Å². The first-order chi connectivity index (χ1) is 11.5. The van der Waals surface area contributed by atoms with Crippen molar-refractivity contribution < 1.29 is 19.7 Å². The zero-order valence-corrected chi connectivity index (χ0v) is 13.0. The van der Waals surface area contributed by atoms with Crippen LogP contribution in [0, 0.1) is 5.82 Å². The topological polar surface area (TPSA) is 91.4 Å². The maximum atomic E-state index is 13.1. The van der Waals surface area contributed by atoms with Gasteiger partial charge >= 0.3 is 0 Å². The summed E-state index contributed by atoms with van der Waals surface area (Å²) in [5.74, 6) is -0.322. The fourth-order valence-electron chi connectivity index (χ4n) is 2.62. The number of aliphatic hydroxyl groups excluding tert-OH is 3. The molecule has 126 valence electrons. The number of benzene rings is 1. The smallest absolute Gasteiger partial charge is 0.144 e. The molecule has 0 saturated carbocycles. The fraction of sp³-hybridized carbons (Fsp3) is 0.294. The van der Waals surface area contributed by atoms with Gasteiger partial charge in [-0.1, -0.05) is 0 Å². The average Bonchev–Trinajstić information content (AvgIpc) is 2.98. The molecule has 24 heavy (non-hydrogen) atoms. The molecule has 0 fully saturated rings. The van der Waals surface area contributed by atoms with E-state index in [0.29, 0.717) is 11.3 Å². The summed E-state index contributed by atoms with van der Waals surface area (Å²) in [5.41, 5.74) is 2.00. The third kappa shape index (κ3) is 3.14. The van der Waals surface area contributed by atoms with Crippen molar-refractivity contribution in [2.75, 3.05) is 0 Å². The Bertz CT molecular complexity index is 833. The summed E-state index contributed by atoms with van der Waals surface area (Å²) in [4.78, 5) is 8.49. The van der Waals surface area contributed by atoms with Crippen LogP contribution in [-0.4, -0.2) is 48.2 Å². The molecule has 7 heteroatoms. The van der Waals surface area contributed by atoms with Crippen LogP contribution >= 0.6 is 0 Å². The molecule has 3 atom stereocenters. The Balaban J connectivity index is 1.96. The zero-order chi connectivity index (χ0) is 17.3. The second-order valence-electron chi connectivity index (χ2n) is 5.73. The van der Waals surface area contributed by atoms with Gasteiger partial charge in [0.25, 0.3) is 0 Å². The van der Waals surface area contributed by atoms with Gasteiger partial charge in [-0.15, -0.1) is 0 Å². The van der Waals surface area contributed by atoms with Gasteiger partial charge in [-0.25, -0.2) is 14.4 Å². The lowest BCUT2D eigenvalue weighted by Crippen LogP contribution is -2.38. The van der Waals surface area contributed by atoms with Crippen LogP contribution in [0.25, 0.3) is 22.3 Å². The summed E-state index contributed by atoms with van der Waals surface area (Å²) in [5, 5.41) is 29.9. The molecule has 0 aliphatic heterocycles. The minimum Gasteiger partial charge on any atom is -0.391 e. The van der Waals surface area contributed by atoms with Crippen molar-refractivity contribution in [2.45, 2.75) is 31.8 Å². The van der Waals surface area contributed by atoms with Crippen molar-refractivity contribution in [1.29, 1.82) is 0 Å². The highest BCUT2D eigenvalue weighted by molar-refractivity contribution is 5.90. The van der Waals surface area contributed by atoms with Gasteiger partial charge in [0.15, 0.2) is 0 Å². The Hall–Kier alpha value is -2.35. The summed E-state index contributed by atoms with van der Waals surface area (Å²) >= 11 is 0. The molecule has 0 spiro atoms. The average molecular weight is 331 g/mol. The number of halogens is 1. The molecule has 2 aromatic heterocycles. The highest BCUT2D eigenvalue weighted by Gasteiger charge is 2.22. The molecule has 0 bridgehead atoms. The summed E-state index contributed by atoms with van der Waals surface area (Å²) in [6, 6.07) is 7.81. The van der Waals surface area contributed by atoms with Crippen LogP contribution in [0.1, 0.15) is 6.92 Å². The van der Waals surface area contributed by atoms with Gasteiger partial charge in [0.05, 0.1) is 18.3 Å². The molecule has 0 amide bonds. The lowest BCUT2D eigenvalue weighted by Gasteiger charge is -2.20. The highest BCUT2D eigenvalue weighted by Crippen LogP contribution is 2.26. The molecule has 3 rings (SSSR count). The molecule has 0 aliphatic rings. The molecular formula is C17H18FN3O3. The highest BCUT2D eigenvalue weighted by atomic mass is 19.1. The SMILES string of the molecule is CC(O)[C@@H](O)[C@@H](O)Cn1ccc2c(-c3ccc(F)cc3)ncnc21. The quantitative estimate of drug-likeness (QED) is 0.656. The van der Waals surface area contributed by atoms with Crippen LogP contribution in [0.15, 0.2) is 42.9 Å². The molecule has 6 nitrogen and oxygen atoms in total. The van der Waals surface area contributed by atoms with E-state index < -0.39 is 18.3 Å². The number of nitrogens with zero attached hydrogens (tertiary/aromatic N) is 3. The van der Waals surface area contributed by atoms with Gasteiger partial charge < -0.3 is 19.9 Å². The molecule has 0 aliphatic carbocycles. The van der Waals surface area contributed by atoms with Gasteiger partial charge in [-0.2, -0.15) is 0 Å². The Labute approximate surface area is 137 Å². The second-order valence-corrected chi connectivity index (χ2v) is 5.73. The summed E-state index contributed by atoms with van der Waals surface area (Å²) < 4.78 is 14.8. The van der Waals surface area contributed by atoms with Crippen LogP contribution in [0.3, 0.4) is 0 Å². The van der Waals surface area contributed by atoms with Crippen LogP contribution in [-0.2, 0) is 6.54 Å². The van der Waals surface area contributed by atoms with Crippen molar-refractivity contribution in [3.05, 3.63) is 48.7 Å². The monoisotopic (exact) mass is 331 g/mol. The van der Waals surface area contributed by atoms with E-state index in [1.807, 2.05) is 0 Å². The summed E-state index contributed by atoms with van der Waals surface area (Å²) in [7, 11) is 0. The van der Waals surface area contributed by atoms with Crippen LogP contribution in [0.4, 0.5) is 4.39 Å². The Morgan fingerprint density at radius 2 is 1.79 bits per heavy atom. The van der Waals surface area contributed by atoms with Crippen LogP contribution in [0.2, 0.25) is 0 Å². The van der Waals surface area contributed by atoms with E-state index >= 15 is 0 Å².